The van der Waals surface area contributed by atoms with Gasteiger partial charge in [0.1, 0.15) is 11.6 Å². The summed E-state index contributed by atoms with van der Waals surface area (Å²) >= 11 is 0. The van der Waals surface area contributed by atoms with E-state index in [-0.39, 0.29) is 36.0 Å². The number of rotatable bonds is 7. The number of aromatic nitrogens is 1. The number of halogens is 1. The van der Waals surface area contributed by atoms with Crippen LogP contribution < -0.4 is 5.32 Å². The molecule has 1 N–H and O–H groups in total. The standard InChI is InChI=1S/C26H24FN3O4/c1-16-6-8-17(9-7-16)15-30-21(24-19(25(30)32)4-3-5-20(24)27)11-13-23(31)29-22-12-10-18(14-28-22)26(33)34-2/h3-10,12,14,21H,11,13,15H2,1-2H3,(H,28,29,31)/t21-/m0/s1. The van der Waals surface area contributed by atoms with Crippen molar-refractivity contribution in [1.82, 2.24) is 9.88 Å². The minimum Gasteiger partial charge on any atom is -0.465 e. The van der Waals surface area contributed by atoms with Gasteiger partial charge in [0.2, 0.25) is 5.91 Å². The number of carbonyl (C=O) groups excluding carboxylic acids is 3. The van der Waals surface area contributed by atoms with Crippen LogP contribution in [0, 0.1) is 12.7 Å². The van der Waals surface area contributed by atoms with Crippen molar-refractivity contribution in [3.8, 4) is 0 Å². The van der Waals surface area contributed by atoms with E-state index in [1.165, 1.54) is 37.6 Å². The van der Waals surface area contributed by atoms with Crippen LogP contribution in [0.15, 0.2) is 60.8 Å². The van der Waals surface area contributed by atoms with Crippen LogP contribution in [-0.4, -0.2) is 34.8 Å². The van der Waals surface area contributed by atoms with Crippen molar-refractivity contribution in [2.45, 2.75) is 32.4 Å². The van der Waals surface area contributed by atoms with E-state index < -0.39 is 17.8 Å². The molecular weight excluding hydrogens is 437 g/mol. The number of methoxy groups -OCH3 is 1. The summed E-state index contributed by atoms with van der Waals surface area (Å²) in [5, 5.41) is 2.67. The minimum absolute atomic E-state index is 0.0521. The Morgan fingerprint density at radius 1 is 1.12 bits per heavy atom. The lowest BCUT2D eigenvalue weighted by Crippen LogP contribution is -2.28. The summed E-state index contributed by atoms with van der Waals surface area (Å²) in [4.78, 5) is 42.9. The van der Waals surface area contributed by atoms with E-state index in [1.54, 1.807) is 11.0 Å². The van der Waals surface area contributed by atoms with Gasteiger partial charge in [0.05, 0.1) is 18.7 Å². The number of nitrogens with one attached hydrogen (secondary N) is 1. The van der Waals surface area contributed by atoms with Gasteiger partial charge in [0, 0.05) is 30.3 Å². The van der Waals surface area contributed by atoms with E-state index in [0.29, 0.717) is 17.7 Å². The van der Waals surface area contributed by atoms with Crippen LogP contribution in [0.25, 0.3) is 0 Å². The number of ether oxygens (including phenoxy) is 1. The molecule has 8 heteroatoms. The Morgan fingerprint density at radius 2 is 1.88 bits per heavy atom. The molecular formula is C26H24FN3O4. The van der Waals surface area contributed by atoms with Gasteiger partial charge in [-0.2, -0.15) is 0 Å². The van der Waals surface area contributed by atoms with Gasteiger partial charge in [-0.25, -0.2) is 14.2 Å². The van der Waals surface area contributed by atoms with E-state index in [9.17, 15) is 18.8 Å². The summed E-state index contributed by atoms with van der Waals surface area (Å²) in [7, 11) is 1.27. The lowest BCUT2D eigenvalue weighted by atomic mass is 9.99. The number of amides is 2. The first-order valence-corrected chi connectivity index (χ1v) is 10.9. The molecule has 0 saturated heterocycles. The number of esters is 1. The molecule has 0 fully saturated rings. The van der Waals surface area contributed by atoms with E-state index in [2.05, 4.69) is 15.0 Å². The lowest BCUT2D eigenvalue weighted by molar-refractivity contribution is -0.116. The molecule has 0 radical (unpaired) electrons. The van der Waals surface area contributed by atoms with Crippen molar-refractivity contribution in [1.29, 1.82) is 0 Å². The Hall–Kier alpha value is -4.07. The van der Waals surface area contributed by atoms with Crippen molar-refractivity contribution in [3.05, 3.63) is 94.4 Å². The molecule has 7 nitrogen and oxygen atoms in total. The second-order valence-corrected chi connectivity index (χ2v) is 8.15. The fourth-order valence-electron chi connectivity index (χ4n) is 4.07. The smallest absolute Gasteiger partial charge is 0.339 e. The van der Waals surface area contributed by atoms with E-state index >= 15 is 0 Å². The molecule has 34 heavy (non-hydrogen) atoms. The quantitative estimate of drug-likeness (QED) is 0.526. The number of hydrogen-bond acceptors (Lipinski definition) is 5. The van der Waals surface area contributed by atoms with Crippen LogP contribution in [0.5, 0.6) is 0 Å². The topological polar surface area (TPSA) is 88.6 Å². The fraction of sp³-hybridized carbons (Fsp3) is 0.231. The van der Waals surface area contributed by atoms with Gasteiger partial charge in [-0.3, -0.25) is 9.59 Å². The maximum absolute atomic E-state index is 14.8. The van der Waals surface area contributed by atoms with Crippen molar-refractivity contribution in [3.63, 3.8) is 0 Å². The van der Waals surface area contributed by atoms with Gasteiger partial charge in [-0.05, 0) is 43.2 Å². The molecule has 0 spiro atoms. The van der Waals surface area contributed by atoms with E-state index in [4.69, 9.17) is 0 Å². The van der Waals surface area contributed by atoms with Gasteiger partial charge in [-0.15, -0.1) is 0 Å². The highest BCUT2D eigenvalue weighted by Gasteiger charge is 2.38. The SMILES string of the molecule is COC(=O)c1ccc(NC(=O)CC[C@H]2c3c(F)cccc3C(=O)N2Cc2ccc(C)cc2)nc1. The zero-order valence-corrected chi connectivity index (χ0v) is 18.9. The number of pyridine rings is 1. The average Bonchev–Trinajstić information content (AvgIpc) is 3.11. The van der Waals surface area contributed by atoms with Crippen LogP contribution >= 0.6 is 0 Å². The largest absolute Gasteiger partial charge is 0.465 e. The van der Waals surface area contributed by atoms with Crippen LogP contribution in [0.2, 0.25) is 0 Å². The zero-order chi connectivity index (χ0) is 24.2. The summed E-state index contributed by atoms with van der Waals surface area (Å²) in [5.41, 5.74) is 2.96. The first kappa shape index (κ1) is 23.1. The third-order valence-corrected chi connectivity index (χ3v) is 5.82. The molecule has 1 aromatic heterocycles. The molecule has 0 aliphatic carbocycles. The van der Waals surface area contributed by atoms with Crippen molar-refractivity contribution >= 4 is 23.6 Å². The summed E-state index contributed by atoms with van der Waals surface area (Å²) in [6, 6.07) is 14.7. The van der Waals surface area contributed by atoms with Gasteiger partial charge in [-0.1, -0.05) is 35.9 Å². The number of benzene rings is 2. The lowest BCUT2D eigenvalue weighted by Gasteiger charge is -2.25. The molecule has 2 amide bonds. The second-order valence-electron chi connectivity index (χ2n) is 8.15. The highest BCUT2D eigenvalue weighted by molar-refractivity contribution is 5.99. The summed E-state index contributed by atoms with van der Waals surface area (Å²) in [5.74, 6) is -1.27. The Labute approximate surface area is 196 Å². The normalized spacial score (nSPS) is 14.6. The van der Waals surface area contributed by atoms with Crippen LogP contribution in [-0.2, 0) is 16.1 Å². The zero-order valence-electron chi connectivity index (χ0n) is 18.9. The third kappa shape index (κ3) is 4.80. The third-order valence-electron chi connectivity index (χ3n) is 5.82. The van der Waals surface area contributed by atoms with E-state index in [0.717, 1.165) is 11.1 Å². The average molecular weight is 461 g/mol. The summed E-state index contributed by atoms with van der Waals surface area (Å²) in [6.45, 7) is 2.30. The predicted molar refractivity (Wildman–Crippen MR) is 124 cm³/mol. The van der Waals surface area contributed by atoms with Gasteiger partial charge in [0.15, 0.2) is 0 Å². The fourth-order valence-corrected chi connectivity index (χ4v) is 4.07. The molecule has 0 unspecified atom stereocenters. The molecule has 3 aromatic rings. The Bertz CT molecular complexity index is 1230. The maximum atomic E-state index is 14.8. The number of hydrogen-bond donors (Lipinski definition) is 1. The molecule has 174 valence electrons. The summed E-state index contributed by atoms with van der Waals surface area (Å²) < 4.78 is 19.4. The van der Waals surface area contributed by atoms with E-state index in [1.807, 2.05) is 31.2 Å². The molecule has 1 aliphatic heterocycles. The van der Waals surface area contributed by atoms with Crippen molar-refractivity contribution < 1.29 is 23.5 Å². The van der Waals surface area contributed by atoms with Crippen LogP contribution in [0.3, 0.4) is 0 Å². The van der Waals surface area contributed by atoms with Gasteiger partial charge < -0.3 is 15.0 Å². The number of carbonyl (C=O) groups is 3. The molecule has 4 rings (SSSR count). The Kier molecular flexibility index (Phi) is 6.67. The molecule has 0 saturated carbocycles. The first-order chi connectivity index (χ1) is 16.4. The molecule has 1 atom stereocenters. The van der Waals surface area contributed by atoms with Crippen LogP contribution in [0.1, 0.15) is 56.3 Å². The number of anilines is 1. The second kappa shape index (κ2) is 9.82. The minimum atomic E-state index is -0.564. The maximum Gasteiger partial charge on any atom is 0.339 e. The van der Waals surface area contributed by atoms with Gasteiger partial charge >= 0.3 is 5.97 Å². The Morgan fingerprint density at radius 3 is 2.56 bits per heavy atom. The number of nitrogens with zero attached hydrogens (tertiary/aromatic N) is 2. The molecule has 0 bridgehead atoms. The van der Waals surface area contributed by atoms with Crippen molar-refractivity contribution in [2.24, 2.45) is 0 Å². The molecule has 2 aromatic carbocycles. The van der Waals surface area contributed by atoms with Gasteiger partial charge in [0.25, 0.3) is 5.91 Å². The number of fused-ring (bicyclic) bond motifs is 1. The molecule has 1 aliphatic rings. The first-order valence-electron chi connectivity index (χ1n) is 10.9. The predicted octanol–water partition coefficient (Wildman–Crippen LogP) is 4.43. The highest BCUT2D eigenvalue weighted by atomic mass is 19.1. The van der Waals surface area contributed by atoms with Crippen LogP contribution in [0.4, 0.5) is 10.2 Å². The highest BCUT2D eigenvalue weighted by Crippen LogP contribution is 2.39. The summed E-state index contributed by atoms with van der Waals surface area (Å²) in [6.07, 6.45) is 1.61. The molecule has 2 heterocycles. The number of aryl methyl sites for hydroxylation is 1. The van der Waals surface area contributed by atoms with Crippen molar-refractivity contribution in [2.75, 3.05) is 12.4 Å². The monoisotopic (exact) mass is 461 g/mol. The Balaban J connectivity index is 1.48.